The molecule has 0 radical (unpaired) electrons. The summed E-state index contributed by atoms with van der Waals surface area (Å²) in [7, 11) is 0. The average molecular weight is 270 g/mol. The molecule has 0 atom stereocenters. The lowest BCUT2D eigenvalue weighted by Crippen LogP contribution is -2.07. The van der Waals surface area contributed by atoms with Crippen LogP contribution in [0.3, 0.4) is 0 Å². The predicted molar refractivity (Wildman–Crippen MR) is 87.6 cm³/mol. The second-order valence-electron chi connectivity index (χ2n) is 4.87. The van der Waals surface area contributed by atoms with Gasteiger partial charge in [0.1, 0.15) is 5.82 Å². The second kappa shape index (κ2) is 6.70. The number of pyridine rings is 1. The Hall–Kier alpha value is -2.36. The number of hydrogen-bond acceptors (Lipinski definition) is 4. The molecule has 106 valence electrons. The Morgan fingerprint density at radius 2 is 2.00 bits per heavy atom. The molecule has 0 bridgehead atoms. The molecule has 0 amide bonds. The number of anilines is 1. The molecule has 0 aliphatic heterocycles. The van der Waals surface area contributed by atoms with Gasteiger partial charge in [0.25, 0.3) is 0 Å². The lowest BCUT2D eigenvalue weighted by molar-refractivity contribution is 1.12. The highest BCUT2D eigenvalue weighted by molar-refractivity contribution is 5.77. The molecule has 0 fully saturated rings. The smallest absolute Gasteiger partial charge is 0.139 e. The van der Waals surface area contributed by atoms with E-state index in [-0.39, 0.29) is 0 Å². The molecule has 3 N–H and O–H groups in total. The van der Waals surface area contributed by atoms with Crippen molar-refractivity contribution in [3.8, 4) is 0 Å². The van der Waals surface area contributed by atoms with E-state index in [2.05, 4.69) is 28.5 Å². The van der Waals surface area contributed by atoms with Crippen LogP contribution in [0.4, 0.5) is 5.82 Å². The van der Waals surface area contributed by atoms with Crippen LogP contribution < -0.4 is 11.1 Å². The SMILES string of the molecule is C=C(C)C=N/C=C(\C)Nc1nc(C)c(C)cc1C(=C)N. The molecule has 0 spiro atoms. The van der Waals surface area contributed by atoms with Gasteiger partial charge in [-0.25, -0.2) is 4.98 Å². The van der Waals surface area contributed by atoms with E-state index in [0.29, 0.717) is 11.5 Å². The third kappa shape index (κ3) is 4.39. The van der Waals surface area contributed by atoms with E-state index in [4.69, 9.17) is 5.73 Å². The van der Waals surface area contributed by atoms with Crippen molar-refractivity contribution in [3.05, 3.63) is 53.5 Å². The van der Waals surface area contributed by atoms with E-state index in [1.807, 2.05) is 33.8 Å². The average Bonchev–Trinajstić information content (AvgIpc) is 2.32. The van der Waals surface area contributed by atoms with Crippen LogP contribution in [-0.4, -0.2) is 11.2 Å². The number of aryl methyl sites for hydroxylation is 2. The van der Waals surface area contributed by atoms with Gasteiger partial charge < -0.3 is 11.1 Å². The fourth-order valence-corrected chi connectivity index (χ4v) is 1.54. The van der Waals surface area contributed by atoms with Crippen molar-refractivity contribution in [1.82, 2.24) is 4.98 Å². The highest BCUT2D eigenvalue weighted by Crippen LogP contribution is 2.22. The first-order valence-corrected chi connectivity index (χ1v) is 6.36. The summed E-state index contributed by atoms with van der Waals surface area (Å²) in [6, 6.07) is 1.98. The van der Waals surface area contributed by atoms with Crippen LogP contribution in [0.5, 0.6) is 0 Å². The molecular weight excluding hydrogens is 248 g/mol. The van der Waals surface area contributed by atoms with Gasteiger partial charge in [0, 0.05) is 35.1 Å². The molecule has 0 saturated heterocycles. The normalized spacial score (nSPS) is 11.7. The van der Waals surface area contributed by atoms with E-state index in [9.17, 15) is 0 Å². The van der Waals surface area contributed by atoms with Crippen molar-refractivity contribution in [2.75, 3.05) is 5.32 Å². The highest BCUT2D eigenvalue weighted by atomic mass is 15.0. The van der Waals surface area contributed by atoms with Crippen LogP contribution in [0.1, 0.15) is 30.7 Å². The predicted octanol–water partition coefficient (Wildman–Crippen LogP) is 3.55. The zero-order valence-corrected chi connectivity index (χ0v) is 12.6. The van der Waals surface area contributed by atoms with Gasteiger partial charge in [0.15, 0.2) is 0 Å². The third-order valence-corrected chi connectivity index (χ3v) is 2.69. The summed E-state index contributed by atoms with van der Waals surface area (Å²) in [6.45, 7) is 15.3. The van der Waals surface area contributed by atoms with Gasteiger partial charge in [-0.2, -0.15) is 0 Å². The molecule has 0 aromatic carbocycles. The van der Waals surface area contributed by atoms with Gasteiger partial charge in [-0.15, -0.1) is 0 Å². The zero-order valence-electron chi connectivity index (χ0n) is 12.6. The number of hydrogen-bond donors (Lipinski definition) is 2. The quantitative estimate of drug-likeness (QED) is 0.804. The summed E-state index contributed by atoms with van der Waals surface area (Å²) in [5, 5.41) is 3.20. The molecule has 0 aliphatic carbocycles. The number of rotatable bonds is 5. The van der Waals surface area contributed by atoms with Crippen molar-refractivity contribution >= 4 is 17.7 Å². The van der Waals surface area contributed by atoms with Crippen LogP contribution in [0.15, 0.2) is 41.7 Å². The Balaban J connectivity index is 3.05. The minimum atomic E-state index is 0.487. The fourth-order valence-electron chi connectivity index (χ4n) is 1.54. The van der Waals surface area contributed by atoms with Crippen molar-refractivity contribution < 1.29 is 0 Å². The number of nitrogens with zero attached hydrogens (tertiary/aromatic N) is 2. The van der Waals surface area contributed by atoms with E-state index in [1.165, 1.54) is 0 Å². The minimum absolute atomic E-state index is 0.487. The summed E-state index contributed by atoms with van der Waals surface area (Å²) in [4.78, 5) is 8.67. The first-order valence-electron chi connectivity index (χ1n) is 6.36. The van der Waals surface area contributed by atoms with Gasteiger partial charge in [-0.05, 0) is 44.9 Å². The van der Waals surface area contributed by atoms with Crippen LogP contribution in [0.25, 0.3) is 5.70 Å². The van der Waals surface area contributed by atoms with Crippen LogP contribution in [-0.2, 0) is 0 Å². The molecule has 1 aromatic rings. The largest absolute Gasteiger partial charge is 0.399 e. The first-order chi connectivity index (χ1) is 9.31. The number of aliphatic imine (C=N–C) groups is 1. The molecule has 1 heterocycles. The molecule has 4 nitrogen and oxygen atoms in total. The van der Waals surface area contributed by atoms with Gasteiger partial charge in [-0.1, -0.05) is 13.2 Å². The summed E-state index contributed by atoms with van der Waals surface area (Å²) < 4.78 is 0. The maximum absolute atomic E-state index is 5.81. The van der Waals surface area contributed by atoms with Gasteiger partial charge in [-0.3, -0.25) is 4.99 Å². The van der Waals surface area contributed by atoms with E-state index in [1.54, 1.807) is 12.4 Å². The third-order valence-electron chi connectivity index (χ3n) is 2.69. The number of nitrogens with two attached hydrogens (primary N) is 1. The van der Waals surface area contributed by atoms with E-state index in [0.717, 1.165) is 28.1 Å². The lowest BCUT2D eigenvalue weighted by Gasteiger charge is -2.13. The van der Waals surface area contributed by atoms with Crippen LogP contribution in [0, 0.1) is 13.8 Å². The van der Waals surface area contributed by atoms with Gasteiger partial charge in [0.05, 0.1) is 0 Å². The highest BCUT2D eigenvalue weighted by Gasteiger charge is 2.08. The fraction of sp³-hybridized carbons (Fsp3) is 0.250. The van der Waals surface area contributed by atoms with Crippen LogP contribution in [0.2, 0.25) is 0 Å². The van der Waals surface area contributed by atoms with E-state index >= 15 is 0 Å². The molecule has 1 aromatic heterocycles. The minimum Gasteiger partial charge on any atom is -0.399 e. The Kier molecular flexibility index (Phi) is 5.26. The molecule has 0 saturated carbocycles. The van der Waals surface area contributed by atoms with E-state index < -0.39 is 0 Å². The zero-order chi connectivity index (χ0) is 15.3. The lowest BCUT2D eigenvalue weighted by atomic mass is 10.1. The number of allylic oxidation sites excluding steroid dienone is 2. The molecule has 20 heavy (non-hydrogen) atoms. The summed E-state index contributed by atoms with van der Waals surface area (Å²) >= 11 is 0. The summed E-state index contributed by atoms with van der Waals surface area (Å²) in [5.74, 6) is 0.694. The number of aromatic nitrogens is 1. The molecule has 4 heteroatoms. The van der Waals surface area contributed by atoms with Crippen molar-refractivity contribution in [1.29, 1.82) is 0 Å². The molecule has 0 unspecified atom stereocenters. The molecular formula is C16H22N4. The molecule has 0 aliphatic rings. The summed E-state index contributed by atoms with van der Waals surface area (Å²) in [5.41, 5.74) is 10.9. The van der Waals surface area contributed by atoms with Crippen LogP contribution >= 0.6 is 0 Å². The Morgan fingerprint density at radius 1 is 1.35 bits per heavy atom. The first kappa shape index (κ1) is 15.7. The molecule has 1 rings (SSSR count). The number of nitrogens with one attached hydrogen (secondary N) is 1. The van der Waals surface area contributed by atoms with Crippen molar-refractivity contribution in [3.63, 3.8) is 0 Å². The van der Waals surface area contributed by atoms with Crippen molar-refractivity contribution in [2.24, 2.45) is 10.7 Å². The Bertz CT molecular complexity index is 595. The maximum Gasteiger partial charge on any atom is 0.139 e. The topological polar surface area (TPSA) is 63.3 Å². The standard InChI is InChI=1S/C16H22N4/c1-10(2)8-18-9-12(4)19-16-15(13(5)17)7-11(3)14(6)20-16/h7-9H,1,5,17H2,2-4,6H3,(H,19,20)/b12-9+,18-8?. The monoisotopic (exact) mass is 270 g/mol. The Morgan fingerprint density at radius 3 is 2.55 bits per heavy atom. The Labute approximate surface area is 120 Å². The maximum atomic E-state index is 5.81. The summed E-state index contributed by atoms with van der Waals surface area (Å²) in [6.07, 6.45) is 3.41. The second-order valence-corrected chi connectivity index (χ2v) is 4.87. The van der Waals surface area contributed by atoms with Gasteiger partial charge in [0.2, 0.25) is 0 Å². The van der Waals surface area contributed by atoms with Crippen molar-refractivity contribution in [2.45, 2.75) is 27.7 Å². The van der Waals surface area contributed by atoms with Gasteiger partial charge >= 0.3 is 0 Å².